The highest BCUT2D eigenvalue weighted by Gasteiger charge is 2.46. The maximum Gasteiger partial charge on any atom is 0.337 e. The first-order chi connectivity index (χ1) is 14.7. The molecule has 31 heavy (non-hydrogen) atoms. The Morgan fingerprint density at radius 2 is 1.87 bits per heavy atom. The summed E-state index contributed by atoms with van der Waals surface area (Å²) in [5.74, 6) is -2.18. The molecule has 2 heterocycles. The number of nitrogens with one attached hydrogen (secondary N) is 1. The molecule has 9 heteroatoms. The van der Waals surface area contributed by atoms with E-state index in [0.717, 1.165) is 0 Å². The number of likely N-dealkylation sites (N-methyl/N-ethyl adjacent to an activating group) is 1. The lowest BCUT2D eigenvalue weighted by Crippen LogP contribution is -2.35. The van der Waals surface area contributed by atoms with Gasteiger partial charge in [0.15, 0.2) is 0 Å². The van der Waals surface area contributed by atoms with Crippen LogP contribution in [0.25, 0.3) is 5.76 Å². The van der Waals surface area contributed by atoms with E-state index in [1.165, 1.54) is 12.0 Å². The first-order valence-corrected chi connectivity index (χ1v) is 9.80. The van der Waals surface area contributed by atoms with Crippen molar-refractivity contribution in [1.29, 1.82) is 0 Å². The van der Waals surface area contributed by atoms with Crippen LogP contribution in [-0.2, 0) is 14.3 Å². The van der Waals surface area contributed by atoms with E-state index in [9.17, 15) is 19.5 Å². The van der Waals surface area contributed by atoms with Crippen molar-refractivity contribution in [2.24, 2.45) is 0 Å². The third-order valence-electron chi connectivity index (χ3n) is 5.34. The Kier molecular flexibility index (Phi) is 6.26. The first-order valence-electron chi connectivity index (χ1n) is 9.80. The van der Waals surface area contributed by atoms with Gasteiger partial charge in [0.05, 0.1) is 35.5 Å². The highest BCUT2D eigenvalue weighted by atomic mass is 16.5. The molecule has 3 rings (SSSR count). The van der Waals surface area contributed by atoms with Crippen molar-refractivity contribution < 1.29 is 24.2 Å². The van der Waals surface area contributed by atoms with Gasteiger partial charge < -0.3 is 19.6 Å². The van der Waals surface area contributed by atoms with E-state index >= 15 is 0 Å². The van der Waals surface area contributed by atoms with Crippen LogP contribution < -0.4 is 0 Å². The van der Waals surface area contributed by atoms with E-state index in [-0.39, 0.29) is 11.3 Å². The molecule has 1 fully saturated rings. The number of aromatic nitrogens is 2. The van der Waals surface area contributed by atoms with Crippen molar-refractivity contribution in [2.75, 3.05) is 34.3 Å². The molecule has 1 atom stereocenters. The molecule has 2 N–H and O–H groups in total. The largest absolute Gasteiger partial charge is 0.507 e. The molecule has 164 valence electrons. The van der Waals surface area contributed by atoms with Crippen molar-refractivity contribution in [2.45, 2.75) is 19.9 Å². The van der Waals surface area contributed by atoms with Crippen LogP contribution in [0.15, 0.2) is 29.8 Å². The Bertz CT molecular complexity index is 1030. The minimum Gasteiger partial charge on any atom is -0.507 e. The summed E-state index contributed by atoms with van der Waals surface area (Å²) in [6.07, 6.45) is 0. The van der Waals surface area contributed by atoms with Crippen LogP contribution in [0, 0.1) is 13.8 Å². The lowest BCUT2D eigenvalue weighted by Gasteiger charge is -2.26. The van der Waals surface area contributed by atoms with Gasteiger partial charge in [-0.1, -0.05) is 12.1 Å². The third-order valence-corrected chi connectivity index (χ3v) is 5.34. The standard InChI is InChI=1S/C22H26N4O5/c1-12-16(13(2)24-23-12)19(27)17-18(14-6-8-15(9-7-14)22(30)31-5)26(11-10-25(3)4)21(29)20(17)28/h6-9,18,27H,10-11H2,1-5H3,(H,23,24)/t18-/m1/s1. The van der Waals surface area contributed by atoms with Crippen molar-refractivity contribution >= 4 is 23.4 Å². The molecular formula is C22H26N4O5. The van der Waals surface area contributed by atoms with Gasteiger partial charge in [-0.05, 0) is 45.6 Å². The minimum atomic E-state index is -0.791. The van der Waals surface area contributed by atoms with E-state index < -0.39 is 23.7 Å². The molecule has 1 aliphatic heterocycles. The molecule has 1 aromatic heterocycles. The van der Waals surface area contributed by atoms with Crippen molar-refractivity contribution in [3.63, 3.8) is 0 Å². The van der Waals surface area contributed by atoms with E-state index in [4.69, 9.17) is 4.74 Å². The fraction of sp³-hybridized carbons (Fsp3) is 0.364. The van der Waals surface area contributed by atoms with Crippen molar-refractivity contribution in [1.82, 2.24) is 20.0 Å². The van der Waals surface area contributed by atoms with Crippen LogP contribution in [-0.4, -0.2) is 77.1 Å². The molecule has 9 nitrogen and oxygen atoms in total. The number of carbonyl (C=O) groups is 3. The van der Waals surface area contributed by atoms with Gasteiger partial charge in [0.25, 0.3) is 11.7 Å². The predicted octanol–water partition coefficient (Wildman–Crippen LogP) is 1.80. The third kappa shape index (κ3) is 4.09. The number of ether oxygens (including phenoxy) is 1. The summed E-state index contributed by atoms with van der Waals surface area (Å²) in [6.45, 7) is 4.27. The number of hydrogen-bond donors (Lipinski definition) is 2. The van der Waals surface area contributed by atoms with Gasteiger partial charge in [-0.15, -0.1) is 0 Å². The Hall–Kier alpha value is -3.46. The van der Waals surface area contributed by atoms with Gasteiger partial charge in [0.2, 0.25) is 0 Å². The van der Waals surface area contributed by atoms with Gasteiger partial charge in [0, 0.05) is 18.8 Å². The number of aliphatic hydroxyl groups is 1. The number of ketones is 1. The van der Waals surface area contributed by atoms with Crippen LogP contribution in [0.5, 0.6) is 0 Å². The number of benzene rings is 1. The molecule has 0 unspecified atom stereocenters. The number of Topliss-reactive ketones (excluding diaryl/α,β-unsaturated/α-hetero) is 1. The molecular weight excluding hydrogens is 400 g/mol. The van der Waals surface area contributed by atoms with Crippen LogP contribution in [0.4, 0.5) is 0 Å². The zero-order valence-corrected chi connectivity index (χ0v) is 18.2. The summed E-state index contributed by atoms with van der Waals surface area (Å²) in [5.41, 5.74) is 2.47. The maximum atomic E-state index is 13.0. The number of nitrogens with zero attached hydrogens (tertiary/aromatic N) is 3. The lowest BCUT2D eigenvalue weighted by molar-refractivity contribution is -0.140. The number of hydrogen-bond acceptors (Lipinski definition) is 7. The highest BCUT2D eigenvalue weighted by molar-refractivity contribution is 6.46. The molecule has 0 spiro atoms. The number of aryl methyl sites for hydroxylation is 2. The second-order valence-electron chi connectivity index (χ2n) is 7.72. The summed E-state index contributed by atoms with van der Waals surface area (Å²) in [7, 11) is 5.03. The van der Waals surface area contributed by atoms with Crippen LogP contribution in [0.2, 0.25) is 0 Å². The Labute approximate surface area is 180 Å². The quantitative estimate of drug-likeness (QED) is 0.313. The molecule has 0 aliphatic carbocycles. The highest BCUT2D eigenvalue weighted by Crippen LogP contribution is 2.40. The average molecular weight is 426 g/mol. The Morgan fingerprint density at radius 3 is 2.39 bits per heavy atom. The van der Waals surface area contributed by atoms with Gasteiger partial charge in [-0.25, -0.2) is 4.79 Å². The zero-order chi connectivity index (χ0) is 22.9. The number of H-pyrrole nitrogens is 1. The normalized spacial score (nSPS) is 18.1. The monoisotopic (exact) mass is 426 g/mol. The SMILES string of the molecule is COC(=O)c1ccc([C@@H]2C(=C(O)c3c(C)n[nH]c3C)C(=O)C(=O)N2CCN(C)C)cc1. The topological polar surface area (TPSA) is 116 Å². The first kappa shape index (κ1) is 22.2. The second-order valence-corrected chi connectivity index (χ2v) is 7.72. The number of methoxy groups -OCH3 is 1. The fourth-order valence-electron chi connectivity index (χ4n) is 3.72. The molecule has 0 saturated carbocycles. The zero-order valence-electron chi connectivity index (χ0n) is 18.2. The summed E-state index contributed by atoms with van der Waals surface area (Å²) in [6, 6.07) is 5.67. The molecule has 1 aliphatic rings. The maximum absolute atomic E-state index is 13.0. The van der Waals surface area contributed by atoms with Crippen LogP contribution in [0.1, 0.15) is 38.9 Å². The second kappa shape index (κ2) is 8.73. The molecule has 0 radical (unpaired) electrons. The smallest absolute Gasteiger partial charge is 0.337 e. The van der Waals surface area contributed by atoms with E-state index in [1.807, 2.05) is 19.0 Å². The van der Waals surface area contributed by atoms with Crippen molar-refractivity contribution in [3.05, 3.63) is 57.9 Å². The number of aliphatic hydroxyl groups excluding tert-OH is 1. The van der Waals surface area contributed by atoms with Gasteiger partial charge in [0.1, 0.15) is 5.76 Å². The summed E-state index contributed by atoms with van der Waals surface area (Å²) in [4.78, 5) is 41.0. The predicted molar refractivity (Wildman–Crippen MR) is 113 cm³/mol. The number of esters is 1. The van der Waals surface area contributed by atoms with E-state index in [1.54, 1.807) is 38.1 Å². The molecule has 1 aromatic carbocycles. The number of likely N-dealkylation sites (tertiary alicyclic amines) is 1. The van der Waals surface area contributed by atoms with Crippen molar-refractivity contribution in [3.8, 4) is 0 Å². The molecule has 2 aromatic rings. The fourth-order valence-corrected chi connectivity index (χ4v) is 3.72. The molecule has 1 amide bonds. The lowest BCUT2D eigenvalue weighted by atomic mass is 9.94. The number of amides is 1. The van der Waals surface area contributed by atoms with Gasteiger partial charge in [-0.3, -0.25) is 14.7 Å². The number of carbonyl (C=O) groups excluding carboxylic acids is 3. The van der Waals surface area contributed by atoms with E-state index in [2.05, 4.69) is 10.2 Å². The Morgan fingerprint density at radius 1 is 1.23 bits per heavy atom. The Balaban J connectivity index is 2.16. The summed E-state index contributed by atoms with van der Waals surface area (Å²) in [5, 5.41) is 18.0. The summed E-state index contributed by atoms with van der Waals surface area (Å²) < 4.78 is 4.73. The molecule has 0 bridgehead atoms. The van der Waals surface area contributed by atoms with Gasteiger partial charge >= 0.3 is 5.97 Å². The number of aromatic amines is 1. The average Bonchev–Trinajstić information content (AvgIpc) is 3.21. The summed E-state index contributed by atoms with van der Waals surface area (Å²) >= 11 is 0. The van der Waals surface area contributed by atoms with Gasteiger partial charge in [-0.2, -0.15) is 5.10 Å². The van der Waals surface area contributed by atoms with Crippen LogP contribution >= 0.6 is 0 Å². The molecule has 1 saturated heterocycles. The van der Waals surface area contributed by atoms with Crippen LogP contribution in [0.3, 0.4) is 0 Å². The minimum absolute atomic E-state index is 0.00201. The van der Waals surface area contributed by atoms with E-state index in [0.29, 0.717) is 41.2 Å². The number of rotatable bonds is 6.